The summed E-state index contributed by atoms with van der Waals surface area (Å²) in [4.78, 5) is 0. The minimum absolute atomic E-state index is 0.191. The minimum Gasteiger partial charge on any atom is -0.123 e. The van der Waals surface area contributed by atoms with Crippen molar-refractivity contribution in [1.82, 2.24) is 0 Å². The summed E-state index contributed by atoms with van der Waals surface area (Å²) in [6.07, 6.45) is 0.949. The second-order valence-electron chi connectivity index (χ2n) is 3.45. The van der Waals surface area contributed by atoms with Crippen LogP contribution in [0.15, 0.2) is 24.3 Å². The van der Waals surface area contributed by atoms with Gasteiger partial charge in [-0.1, -0.05) is 36.7 Å². The van der Waals surface area contributed by atoms with Crippen LogP contribution in [0, 0.1) is 5.92 Å². The van der Waals surface area contributed by atoms with Gasteiger partial charge in [-0.25, -0.2) is 0 Å². The highest BCUT2D eigenvalue weighted by Gasteiger charge is 2.11. The van der Waals surface area contributed by atoms with Gasteiger partial charge in [0.1, 0.15) is 0 Å². The van der Waals surface area contributed by atoms with E-state index in [0.717, 1.165) is 11.4 Å². The standard InChI is InChI=1S/C11H14Cl2/c1-8(9(2)12)7-10-5-3-4-6-11(10)13/h3-6,8-9H,7H2,1-2H3. The highest BCUT2D eigenvalue weighted by atomic mass is 35.5. The molecule has 1 rings (SSSR count). The van der Waals surface area contributed by atoms with E-state index in [1.54, 1.807) is 0 Å². The van der Waals surface area contributed by atoms with E-state index in [1.165, 1.54) is 5.56 Å². The summed E-state index contributed by atoms with van der Waals surface area (Å²) in [6.45, 7) is 4.16. The molecule has 0 fully saturated rings. The molecular weight excluding hydrogens is 203 g/mol. The summed E-state index contributed by atoms with van der Waals surface area (Å²) in [5.74, 6) is 0.460. The molecule has 0 N–H and O–H groups in total. The molecule has 0 aliphatic rings. The van der Waals surface area contributed by atoms with E-state index in [2.05, 4.69) is 13.0 Å². The van der Waals surface area contributed by atoms with Crippen molar-refractivity contribution in [3.8, 4) is 0 Å². The van der Waals surface area contributed by atoms with Crippen LogP contribution in [0.4, 0.5) is 0 Å². The lowest BCUT2D eigenvalue weighted by molar-refractivity contribution is 0.568. The Balaban J connectivity index is 2.69. The SMILES string of the molecule is CC(Cl)C(C)Cc1ccccc1Cl. The molecule has 1 aromatic carbocycles. The lowest BCUT2D eigenvalue weighted by Crippen LogP contribution is -2.10. The lowest BCUT2D eigenvalue weighted by atomic mass is 9.99. The first-order valence-corrected chi connectivity index (χ1v) is 5.30. The van der Waals surface area contributed by atoms with Gasteiger partial charge in [-0.15, -0.1) is 11.6 Å². The minimum atomic E-state index is 0.191. The van der Waals surface area contributed by atoms with E-state index in [0.29, 0.717) is 5.92 Å². The number of rotatable bonds is 3. The monoisotopic (exact) mass is 216 g/mol. The van der Waals surface area contributed by atoms with Crippen molar-refractivity contribution in [2.45, 2.75) is 25.6 Å². The summed E-state index contributed by atoms with van der Waals surface area (Å²) in [5.41, 5.74) is 1.18. The Labute approximate surface area is 89.9 Å². The molecule has 1 aromatic rings. The lowest BCUT2D eigenvalue weighted by Gasteiger charge is -2.14. The van der Waals surface area contributed by atoms with Crippen LogP contribution in [0.25, 0.3) is 0 Å². The zero-order chi connectivity index (χ0) is 9.84. The van der Waals surface area contributed by atoms with Gasteiger partial charge in [0.05, 0.1) is 0 Å². The van der Waals surface area contributed by atoms with Crippen molar-refractivity contribution < 1.29 is 0 Å². The molecule has 0 bridgehead atoms. The molecule has 0 heterocycles. The molecule has 2 unspecified atom stereocenters. The van der Waals surface area contributed by atoms with Crippen LogP contribution in [0.2, 0.25) is 5.02 Å². The molecule has 0 amide bonds. The van der Waals surface area contributed by atoms with E-state index in [4.69, 9.17) is 23.2 Å². The van der Waals surface area contributed by atoms with Gasteiger partial charge in [0.2, 0.25) is 0 Å². The fourth-order valence-electron chi connectivity index (χ4n) is 1.17. The molecule has 13 heavy (non-hydrogen) atoms. The number of benzene rings is 1. The van der Waals surface area contributed by atoms with Gasteiger partial charge in [-0.2, -0.15) is 0 Å². The predicted molar refractivity (Wildman–Crippen MR) is 59.6 cm³/mol. The number of hydrogen-bond donors (Lipinski definition) is 0. The average molecular weight is 217 g/mol. The first kappa shape index (κ1) is 10.9. The highest BCUT2D eigenvalue weighted by molar-refractivity contribution is 6.31. The van der Waals surface area contributed by atoms with Crippen LogP contribution in [-0.2, 0) is 6.42 Å². The fraction of sp³-hybridized carbons (Fsp3) is 0.455. The molecular formula is C11H14Cl2. The second kappa shape index (κ2) is 4.88. The van der Waals surface area contributed by atoms with Crippen molar-refractivity contribution in [3.05, 3.63) is 34.9 Å². The van der Waals surface area contributed by atoms with Crippen LogP contribution in [0.1, 0.15) is 19.4 Å². The van der Waals surface area contributed by atoms with Crippen LogP contribution in [-0.4, -0.2) is 5.38 Å². The molecule has 2 atom stereocenters. The molecule has 0 aliphatic carbocycles. The topological polar surface area (TPSA) is 0 Å². The van der Waals surface area contributed by atoms with E-state index in [1.807, 2.05) is 25.1 Å². The Morgan fingerprint density at radius 2 is 1.85 bits per heavy atom. The quantitative estimate of drug-likeness (QED) is 0.667. The first-order chi connectivity index (χ1) is 6.11. The molecule has 0 aromatic heterocycles. The molecule has 0 radical (unpaired) electrons. The van der Waals surface area contributed by atoms with Crippen LogP contribution < -0.4 is 0 Å². The fourth-order valence-corrected chi connectivity index (χ4v) is 1.48. The van der Waals surface area contributed by atoms with Crippen LogP contribution >= 0.6 is 23.2 Å². The maximum absolute atomic E-state index is 6.03. The summed E-state index contributed by atoms with van der Waals surface area (Å²) < 4.78 is 0. The van der Waals surface area contributed by atoms with Crippen LogP contribution in [0.3, 0.4) is 0 Å². The van der Waals surface area contributed by atoms with E-state index >= 15 is 0 Å². The third-order valence-corrected chi connectivity index (χ3v) is 3.08. The Kier molecular flexibility index (Phi) is 4.08. The summed E-state index contributed by atoms with van der Waals surface area (Å²) in [6, 6.07) is 7.92. The Bertz CT molecular complexity index is 269. The molecule has 0 nitrogen and oxygen atoms in total. The Morgan fingerprint density at radius 3 is 2.38 bits per heavy atom. The largest absolute Gasteiger partial charge is 0.123 e. The van der Waals surface area contributed by atoms with E-state index in [9.17, 15) is 0 Å². The first-order valence-electron chi connectivity index (χ1n) is 4.48. The maximum atomic E-state index is 6.03. The summed E-state index contributed by atoms with van der Waals surface area (Å²) >= 11 is 12.0. The summed E-state index contributed by atoms with van der Waals surface area (Å²) in [7, 11) is 0. The molecule has 0 saturated heterocycles. The maximum Gasteiger partial charge on any atom is 0.0438 e. The van der Waals surface area contributed by atoms with Crippen molar-refractivity contribution in [3.63, 3.8) is 0 Å². The highest BCUT2D eigenvalue weighted by Crippen LogP contribution is 2.21. The molecule has 0 saturated carbocycles. The van der Waals surface area contributed by atoms with Gasteiger partial charge in [-0.05, 0) is 30.9 Å². The van der Waals surface area contributed by atoms with Crippen LogP contribution in [0.5, 0.6) is 0 Å². The van der Waals surface area contributed by atoms with Crippen molar-refractivity contribution in [1.29, 1.82) is 0 Å². The summed E-state index contributed by atoms with van der Waals surface area (Å²) in [5, 5.41) is 1.03. The predicted octanol–water partition coefficient (Wildman–Crippen LogP) is 4.15. The van der Waals surface area contributed by atoms with E-state index < -0.39 is 0 Å². The Morgan fingerprint density at radius 1 is 1.23 bits per heavy atom. The van der Waals surface area contributed by atoms with Gasteiger partial charge < -0.3 is 0 Å². The van der Waals surface area contributed by atoms with Gasteiger partial charge in [0.25, 0.3) is 0 Å². The van der Waals surface area contributed by atoms with Gasteiger partial charge in [-0.3, -0.25) is 0 Å². The molecule has 0 spiro atoms. The zero-order valence-corrected chi connectivity index (χ0v) is 9.44. The van der Waals surface area contributed by atoms with Gasteiger partial charge in [0.15, 0.2) is 0 Å². The third-order valence-electron chi connectivity index (χ3n) is 2.28. The normalized spacial score (nSPS) is 15.4. The Hall–Kier alpha value is -0.200. The van der Waals surface area contributed by atoms with Crippen molar-refractivity contribution in [2.75, 3.05) is 0 Å². The molecule has 0 aliphatic heterocycles. The van der Waals surface area contributed by atoms with E-state index in [-0.39, 0.29) is 5.38 Å². The van der Waals surface area contributed by atoms with Crippen molar-refractivity contribution in [2.24, 2.45) is 5.92 Å². The van der Waals surface area contributed by atoms with Crippen molar-refractivity contribution >= 4 is 23.2 Å². The van der Waals surface area contributed by atoms with Gasteiger partial charge >= 0.3 is 0 Å². The molecule has 2 heteroatoms. The number of alkyl halides is 1. The number of hydrogen-bond acceptors (Lipinski definition) is 0. The smallest absolute Gasteiger partial charge is 0.0438 e. The zero-order valence-electron chi connectivity index (χ0n) is 7.93. The molecule has 72 valence electrons. The van der Waals surface area contributed by atoms with Gasteiger partial charge in [0, 0.05) is 10.4 Å². The third kappa shape index (κ3) is 3.21. The second-order valence-corrected chi connectivity index (χ2v) is 4.55. The number of halogens is 2. The average Bonchev–Trinajstić information content (AvgIpc) is 2.08.